The number of aryl methyl sites for hydroxylation is 2. The molecule has 3 aliphatic heterocycles. The second kappa shape index (κ2) is 12.7. The number of rotatable bonds is 13. The van der Waals surface area contributed by atoms with Gasteiger partial charge in [-0.25, -0.2) is 9.78 Å². The summed E-state index contributed by atoms with van der Waals surface area (Å²) in [4.78, 5) is 29.9. The smallest absolute Gasteiger partial charge is 0.192 e. The molecule has 0 aliphatic carbocycles. The molecule has 3 aliphatic rings. The van der Waals surface area contributed by atoms with Gasteiger partial charge in [0.2, 0.25) is 0 Å². The molecule has 2 aromatic rings. The Balaban J connectivity index is 1.34. The minimum atomic E-state index is -2.34. The van der Waals surface area contributed by atoms with Crippen molar-refractivity contribution in [1.29, 1.82) is 0 Å². The monoisotopic (exact) mass is 616 g/mol. The molecule has 4 heterocycles. The Morgan fingerprint density at radius 1 is 1.23 bits per heavy atom. The minimum absolute atomic E-state index is 0.0519. The fourth-order valence-electron chi connectivity index (χ4n) is 5.88. The molecule has 44 heavy (non-hydrogen) atoms. The quantitative estimate of drug-likeness (QED) is 0.131. The third-order valence-corrected chi connectivity index (χ3v) is 8.45. The molecule has 0 radical (unpaired) electrons. The molecule has 13 nitrogen and oxygen atoms in total. The molecule has 240 valence electrons. The number of fused-ring (bicyclic) bond motifs is 3. The van der Waals surface area contributed by atoms with E-state index in [9.17, 15) is 35.4 Å². The van der Waals surface area contributed by atoms with Gasteiger partial charge in [0.25, 0.3) is 0 Å². The number of hydrogen-bond acceptors (Lipinski definition) is 13. The Bertz CT molecular complexity index is 1530. The van der Waals surface area contributed by atoms with Gasteiger partial charge in [0.15, 0.2) is 5.43 Å². The minimum Gasteiger partial charge on any atom is -0.484 e. The highest BCUT2D eigenvalue weighted by Gasteiger charge is 2.49. The van der Waals surface area contributed by atoms with Crippen LogP contribution in [0.15, 0.2) is 49.9 Å². The molecular formula is C31H40N2O11. The fourth-order valence-corrected chi connectivity index (χ4v) is 5.88. The highest BCUT2D eigenvalue weighted by Crippen LogP contribution is 2.41. The van der Waals surface area contributed by atoms with Crippen molar-refractivity contribution in [2.45, 2.75) is 75.7 Å². The van der Waals surface area contributed by atoms with Crippen LogP contribution in [0.2, 0.25) is 0 Å². The van der Waals surface area contributed by atoms with Crippen LogP contribution in [-0.4, -0.2) is 110 Å². The zero-order valence-electron chi connectivity index (χ0n) is 25.0. The predicted octanol–water partition coefficient (Wildman–Crippen LogP) is 0.0305. The number of aliphatic hydroxyl groups is 6. The van der Waals surface area contributed by atoms with Gasteiger partial charge in [0.1, 0.15) is 59.3 Å². The summed E-state index contributed by atoms with van der Waals surface area (Å²) in [6.45, 7) is 3.83. The molecule has 1 aromatic carbocycles. The van der Waals surface area contributed by atoms with Crippen LogP contribution in [-0.2, 0) is 22.6 Å². The average Bonchev–Trinajstić information content (AvgIpc) is 3.60. The standard InChI is InChI=1S/C31H40N2O11/c1-17-11-23(36)20-12-18-13-26(30(2,3)43-27(18)19(5-4-10-34)28(20)42-17)44-41-15-25(38)31(40,29(39)24(37)14-35)16-33-9-7-21-22(33)6-8-32-21/h6-8,11-12,24-26,29,34-35,37-40H,4-5,9-10,13-16H2,1-3H3. The topological polar surface area (TPSA) is 195 Å². The van der Waals surface area contributed by atoms with Crippen LogP contribution >= 0.6 is 0 Å². The Morgan fingerprint density at radius 3 is 2.73 bits per heavy atom. The van der Waals surface area contributed by atoms with Crippen LogP contribution < -0.4 is 10.2 Å². The van der Waals surface area contributed by atoms with Gasteiger partial charge >= 0.3 is 0 Å². The molecule has 6 N–H and O–H groups in total. The van der Waals surface area contributed by atoms with Crippen LogP contribution in [0.5, 0.6) is 5.75 Å². The van der Waals surface area contributed by atoms with Crippen molar-refractivity contribution >= 4 is 17.2 Å². The van der Waals surface area contributed by atoms with Gasteiger partial charge in [-0.05, 0) is 57.4 Å². The first kappa shape index (κ1) is 32.3. The third-order valence-electron chi connectivity index (χ3n) is 8.45. The predicted molar refractivity (Wildman–Crippen MR) is 158 cm³/mol. The zero-order valence-corrected chi connectivity index (χ0v) is 25.0. The second-order valence-corrected chi connectivity index (χ2v) is 12.0. The summed E-state index contributed by atoms with van der Waals surface area (Å²) in [5.41, 5.74) is -0.347. The van der Waals surface area contributed by atoms with E-state index < -0.39 is 48.8 Å². The molecule has 13 heteroatoms. The van der Waals surface area contributed by atoms with Gasteiger partial charge in [0.05, 0.1) is 29.9 Å². The highest BCUT2D eigenvalue weighted by atomic mass is 17.2. The van der Waals surface area contributed by atoms with Crippen molar-refractivity contribution in [3.63, 3.8) is 0 Å². The molecule has 0 spiro atoms. The number of β-amino-alcohol motifs (C(OH)–C–C–N with tert-alkyl or cyclic N) is 1. The van der Waals surface area contributed by atoms with Crippen molar-refractivity contribution < 1.29 is 49.6 Å². The Kier molecular flexibility index (Phi) is 9.31. The first-order valence-corrected chi connectivity index (χ1v) is 14.6. The lowest BCUT2D eigenvalue weighted by Gasteiger charge is -2.42. The lowest BCUT2D eigenvalue weighted by molar-refractivity contribution is -0.363. The van der Waals surface area contributed by atoms with Gasteiger partial charge < -0.3 is 44.7 Å². The molecule has 5 atom stereocenters. The zero-order chi connectivity index (χ0) is 31.8. The van der Waals surface area contributed by atoms with E-state index in [0.717, 1.165) is 0 Å². The number of ether oxygens (including phenoxy) is 1. The van der Waals surface area contributed by atoms with Gasteiger partial charge in [-0.3, -0.25) is 9.79 Å². The van der Waals surface area contributed by atoms with Gasteiger partial charge in [-0.1, -0.05) is 0 Å². The summed E-state index contributed by atoms with van der Waals surface area (Å²) < 4.78 is 12.3. The lowest BCUT2D eigenvalue weighted by Crippen LogP contribution is -2.63. The van der Waals surface area contributed by atoms with E-state index >= 15 is 0 Å². The maximum atomic E-state index is 12.8. The number of allylic oxidation sites excluding steroid dienone is 1. The van der Waals surface area contributed by atoms with Crippen LogP contribution in [0.3, 0.4) is 0 Å². The maximum Gasteiger partial charge on any atom is 0.192 e. The van der Waals surface area contributed by atoms with Gasteiger partial charge in [-0.2, -0.15) is 0 Å². The van der Waals surface area contributed by atoms with E-state index in [4.69, 9.17) is 18.9 Å². The maximum absolute atomic E-state index is 12.8. The SMILES string of the molecule is Cc1cc(=O)c2cc3c(c(CCCO)c2o1)OC(C)(C)C(OOCC(O)C(O)(CN1CC=C2N=CC=C21)C(O)C(O)CO)C3. The number of hydrogen-bond donors (Lipinski definition) is 6. The summed E-state index contributed by atoms with van der Waals surface area (Å²) in [5, 5.41) is 62.9. The van der Waals surface area contributed by atoms with E-state index in [1.165, 1.54) is 6.07 Å². The molecular weight excluding hydrogens is 576 g/mol. The van der Waals surface area contributed by atoms with Crippen molar-refractivity contribution in [3.8, 4) is 5.75 Å². The molecule has 0 bridgehead atoms. The van der Waals surface area contributed by atoms with E-state index in [0.29, 0.717) is 64.4 Å². The van der Waals surface area contributed by atoms with Crippen LogP contribution in [0, 0.1) is 6.92 Å². The Morgan fingerprint density at radius 2 is 2.00 bits per heavy atom. The summed E-state index contributed by atoms with van der Waals surface area (Å²) in [5.74, 6) is 1.01. The summed E-state index contributed by atoms with van der Waals surface area (Å²) in [7, 11) is 0. The first-order valence-electron chi connectivity index (χ1n) is 14.6. The molecule has 5 unspecified atom stereocenters. The average molecular weight is 617 g/mol. The summed E-state index contributed by atoms with van der Waals surface area (Å²) in [6, 6.07) is 3.11. The van der Waals surface area contributed by atoms with Crippen LogP contribution in [0.25, 0.3) is 11.0 Å². The number of benzene rings is 1. The molecule has 0 fully saturated rings. The number of aliphatic hydroxyl groups excluding tert-OH is 5. The van der Waals surface area contributed by atoms with E-state index in [-0.39, 0.29) is 25.0 Å². The Hall–Kier alpha value is -3.14. The first-order chi connectivity index (χ1) is 20.9. The second-order valence-electron chi connectivity index (χ2n) is 12.0. The summed E-state index contributed by atoms with van der Waals surface area (Å²) >= 11 is 0. The van der Waals surface area contributed by atoms with Crippen molar-refractivity contribution in [2.75, 3.05) is 32.9 Å². The molecule has 0 saturated carbocycles. The van der Waals surface area contributed by atoms with Gasteiger partial charge in [0, 0.05) is 37.4 Å². The van der Waals surface area contributed by atoms with E-state index in [2.05, 4.69) is 4.99 Å². The third kappa shape index (κ3) is 6.06. The van der Waals surface area contributed by atoms with Crippen molar-refractivity contribution in [1.82, 2.24) is 4.90 Å². The van der Waals surface area contributed by atoms with Crippen LogP contribution in [0.1, 0.15) is 37.2 Å². The van der Waals surface area contributed by atoms with Crippen molar-refractivity contribution in [3.05, 3.63) is 62.8 Å². The summed E-state index contributed by atoms with van der Waals surface area (Å²) in [6.07, 6.45) is 0.116. The highest BCUT2D eigenvalue weighted by molar-refractivity contribution is 5.84. The lowest BCUT2D eigenvalue weighted by atomic mass is 9.86. The normalized spacial score (nSPS) is 22.1. The largest absolute Gasteiger partial charge is 0.484 e. The molecule has 1 aromatic heterocycles. The molecule has 5 rings (SSSR count). The Labute approximate surface area is 253 Å². The molecule has 0 amide bonds. The molecule has 0 saturated heterocycles. The van der Waals surface area contributed by atoms with Crippen LogP contribution in [0.4, 0.5) is 0 Å². The van der Waals surface area contributed by atoms with Gasteiger partial charge in [-0.15, -0.1) is 0 Å². The van der Waals surface area contributed by atoms with E-state index in [1.807, 2.05) is 6.08 Å². The van der Waals surface area contributed by atoms with E-state index in [1.54, 1.807) is 44.0 Å². The number of nitrogens with zero attached hydrogens (tertiary/aromatic N) is 2. The number of aliphatic imine (C=N–C) groups is 1. The van der Waals surface area contributed by atoms with Crippen molar-refractivity contribution in [2.24, 2.45) is 4.99 Å². The fraction of sp³-hybridized carbons (Fsp3) is 0.548.